The minimum Gasteiger partial charge on any atom is -0.398 e. The number of nitrogens with two attached hydrogens (primary N) is 2. The Bertz CT molecular complexity index is 991. The monoisotopic (exact) mass is 437 g/mol. The molecule has 1 aliphatic heterocycles. The van der Waals surface area contributed by atoms with E-state index >= 15 is 0 Å². The molecule has 0 bridgehead atoms. The molecule has 1 fully saturated rings. The molecule has 30 heavy (non-hydrogen) atoms. The first kappa shape index (κ1) is 22.2. The standard InChI is InChI=1S/C23H27N5S2/c24-13-19(15-29)18-4-5-21(25)20(12-18)23(27)22(26)11-16-2-1-3-17(10-16)14-28-6-8-30-9-7-28/h1-5,10-13,15,24,27,29H,6-9,14,25-26H2/b19-15+,22-11-,24-13?,27-23?. The lowest BCUT2D eigenvalue weighted by Crippen LogP contribution is -2.31. The van der Waals surface area contributed by atoms with Crippen LogP contribution in [0.25, 0.3) is 11.6 Å². The van der Waals surface area contributed by atoms with Crippen LogP contribution in [0.5, 0.6) is 0 Å². The molecule has 6 N–H and O–H groups in total. The van der Waals surface area contributed by atoms with Gasteiger partial charge in [0.05, 0.1) is 11.4 Å². The highest BCUT2D eigenvalue weighted by atomic mass is 32.2. The van der Waals surface area contributed by atoms with Crippen molar-refractivity contribution in [3.05, 3.63) is 75.8 Å². The highest BCUT2D eigenvalue weighted by molar-refractivity contribution is 7.99. The molecule has 0 spiro atoms. The highest BCUT2D eigenvalue weighted by Gasteiger charge is 2.13. The molecule has 1 aliphatic rings. The second-order valence-electron chi connectivity index (χ2n) is 7.14. The summed E-state index contributed by atoms with van der Waals surface area (Å²) in [4.78, 5) is 2.47. The smallest absolute Gasteiger partial charge is 0.0862 e. The first-order valence-corrected chi connectivity index (χ1v) is 11.4. The van der Waals surface area contributed by atoms with Gasteiger partial charge in [-0.25, -0.2) is 0 Å². The number of rotatable bonds is 7. The summed E-state index contributed by atoms with van der Waals surface area (Å²) in [6.45, 7) is 3.16. The predicted octanol–water partition coefficient (Wildman–Crippen LogP) is 4.11. The molecule has 0 aliphatic carbocycles. The normalized spacial score (nSPS) is 15.8. The number of allylic oxidation sites excluding steroid dienone is 2. The average molecular weight is 438 g/mol. The summed E-state index contributed by atoms with van der Waals surface area (Å²) in [6, 6.07) is 13.6. The molecule has 2 aromatic rings. The Labute approximate surface area is 187 Å². The van der Waals surface area contributed by atoms with Crippen LogP contribution in [-0.4, -0.2) is 41.4 Å². The second kappa shape index (κ2) is 10.5. The van der Waals surface area contributed by atoms with Crippen molar-refractivity contribution in [1.29, 1.82) is 10.8 Å². The third kappa shape index (κ3) is 5.56. The van der Waals surface area contributed by atoms with Gasteiger partial charge in [-0.2, -0.15) is 24.4 Å². The lowest BCUT2D eigenvalue weighted by atomic mass is 9.98. The molecule has 156 valence electrons. The molecule has 0 aromatic heterocycles. The van der Waals surface area contributed by atoms with Gasteiger partial charge in [0.15, 0.2) is 0 Å². The van der Waals surface area contributed by atoms with E-state index in [0.717, 1.165) is 30.8 Å². The summed E-state index contributed by atoms with van der Waals surface area (Å²) in [7, 11) is 0. The molecular weight excluding hydrogens is 410 g/mol. The molecule has 2 aromatic carbocycles. The van der Waals surface area contributed by atoms with E-state index in [2.05, 4.69) is 29.7 Å². The van der Waals surface area contributed by atoms with E-state index in [-0.39, 0.29) is 5.71 Å². The molecule has 5 nitrogen and oxygen atoms in total. The van der Waals surface area contributed by atoms with E-state index in [1.54, 1.807) is 17.5 Å². The molecular formula is C23H27N5S2. The van der Waals surface area contributed by atoms with Crippen molar-refractivity contribution in [2.24, 2.45) is 5.73 Å². The molecule has 7 heteroatoms. The van der Waals surface area contributed by atoms with Gasteiger partial charge < -0.3 is 16.9 Å². The Morgan fingerprint density at radius 3 is 2.63 bits per heavy atom. The van der Waals surface area contributed by atoms with Crippen LogP contribution in [0, 0.1) is 10.8 Å². The predicted molar refractivity (Wildman–Crippen MR) is 135 cm³/mol. The third-order valence-electron chi connectivity index (χ3n) is 5.02. The number of hydrogen-bond donors (Lipinski definition) is 5. The van der Waals surface area contributed by atoms with Gasteiger partial charge in [-0.15, -0.1) is 0 Å². The summed E-state index contributed by atoms with van der Waals surface area (Å²) in [5.41, 5.74) is 17.5. The van der Waals surface area contributed by atoms with Gasteiger partial charge in [0, 0.05) is 54.2 Å². The maximum atomic E-state index is 8.56. The Hall–Kier alpha value is -2.48. The first-order valence-electron chi connectivity index (χ1n) is 9.72. The van der Waals surface area contributed by atoms with Crippen LogP contribution in [0.2, 0.25) is 0 Å². The van der Waals surface area contributed by atoms with Crippen molar-refractivity contribution in [2.75, 3.05) is 30.3 Å². The number of anilines is 1. The molecule has 0 unspecified atom stereocenters. The van der Waals surface area contributed by atoms with E-state index in [1.807, 2.05) is 36.0 Å². The summed E-state index contributed by atoms with van der Waals surface area (Å²) >= 11 is 6.15. The first-order chi connectivity index (χ1) is 14.5. The van der Waals surface area contributed by atoms with Crippen LogP contribution in [0.4, 0.5) is 5.69 Å². The quantitative estimate of drug-likeness (QED) is 0.255. The van der Waals surface area contributed by atoms with Crippen LogP contribution in [-0.2, 0) is 6.54 Å². The fourth-order valence-corrected chi connectivity index (χ4v) is 4.56. The molecule has 0 saturated carbocycles. The van der Waals surface area contributed by atoms with E-state index in [0.29, 0.717) is 22.5 Å². The minimum absolute atomic E-state index is 0.163. The van der Waals surface area contributed by atoms with Crippen molar-refractivity contribution in [1.82, 2.24) is 4.90 Å². The van der Waals surface area contributed by atoms with E-state index in [9.17, 15) is 0 Å². The van der Waals surface area contributed by atoms with Crippen molar-refractivity contribution < 1.29 is 0 Å². The lowest BCUT2D eigenvalue weighted by molar-refractivity contribution is 0.294. The molecule has 1 saturated heterocycles. The largest absolute Gasteiger partial charge is 0.398 e. The van der Waals surface area contributed by atoms with Gasteiger partial charge in [-0.1, -0.05) is 30.3 Å². The zero-order valence-electron chi connectivity index (χ0n) is 16.8. The van der Waals surface area contributed by atoms with Gasteiger partial charge in [0.2, 0.25) is 0 Å². The fraction of sp³-hybridized carbons (Fsp3) is 0.217. The van der Waals surface area contributed by atoms with Gasteiger partial charge in [-0.05, 0) is 40.3 Å². The topological polar surface area (TPSA) is 103 Å². The van der Waals surface area contributed by atoms with Gasteiger partial charge in [0.25, 0.3) is 0 Å². The zero-order valence-corrected chi connectivity index (χ0v) is 18.5. The van der Waals surface area contributed by atoms with Crippen LogP contribution in [0.15, 0.2) is 53.6 Å². The van der Waals surface area contributed by atoms with Gasteiger partial charge in [0.1, 0.15) is 0 Å². The van der Waals surface area contributed by atoms with E-state index < -0.39 is 0 Å². The summed E-state index contributed by atoms with van der Waals surface area (Å²) in [5, 5.41) is 17.6. The molecule has 3 rings (SSSR count). The Kier molecular flexibility index (Phi) is 7.79. The Morgan fingerprint density at radius 1 is 1.17 bits per heavy atom. The highest BCUT2D eigenvalue weighted by Crippen LogP contribution is 2.22. The summed E-state index contributed by atoms with van der Waals surface area (Å²) in [6.07, 6.45) is 3.04. The van der Waals surface area contributed by atoms with E-state index in [4.69, 9.17) is 22.3 Å². The van der Waals surface area contributed by atoms with Crippen molar-refractivity contribution in [3.63, 3.8) is 0 Å². The maximum Gasteiger partial charge on any atom is 0.0862 e. The molecule has 0 atom stereocenters. The number of nitrogens with zero attached hydrogens (tertiary/aromatic N) is 1. The number of thiol groups is 1. The number of thioether (sulfide) groups is 1. The van der Waals surface area contributed by atoms with Crippen LogP contribution >= 0.6 is 24.4 Å². The fourth-order valence-electron chi connectivity index (χ4n) is 3.35. The van der Waals surface area contributed by atoms with Crippen molar-refractivity contribution in [3.8, 4) is 0 Å². The summed E-state index contributed by atoms with van der Waals surface area (Å²) in [5.74, 6) is 2.37. The van der Waals surface area contributed by atoms with Crippen molar-refractivity contribution >= 4 is 53.7 Å². The summed E-state index contributed by atoms with van der Waals surface area (Å²) < 4.78 is 0. The number of nitrogen functional groups attached to an aromatic ring is 1. The third-order valence-corrected chi connectivity index (χ3v) is 6.24. The lowest BCUT2D eigenvalue weighted by Gasteiger charge is -2.26. The maximum absolute atomic E-state index is 8.56. The minimum atomic E-state index is 0.163. The molecule has 0 radical (unpaired) electrons. The molecule has 1 heterocycles. The number of benzene rings is 2. The van der Waals surface area contributed by atoms with Crippen molar-refractivity contribution in [2.45, 2.75) is 6.54 Å². The van der Waals surface area contributed by atoms with Crippen LogP contribution < -0.4 is 11.5 Å². The Morgan fingerprint density at radius 2 is 1.93 bits per heavy atom. The zero-order chi connectivity index (χ0) is 21.5. The van der Waals surface area contributed by atoms with Gasteiger partial charge in [-0.3, -0.25) is 10.3 Å². The molecule has 0 amide bonds. The van der Waals surface area contributed by atoms with E-state index in [1.165, 1.54) is 23.3 Å². The average Bonchev–Trinajstić information content (AvgIpc) is 2.76. The second-order valence-corrected chi connectivity index (χ2v) is 8.62. The number of hydrogen-bond acceptors (Lipinski definition) is 7. The van der Waals surface area contributed by atoms with Crippen LogP contribution in [0.3, 0.4) is 0 Å². The SMILES string of the molecule is N=C/C(=C\S)c1ccc(N)c(C(=N)/C(N)=C/c2cccc(CN3CCSCC3)c2)c1. The number of nitrogens with one attached hydrogen (secondary N) is 2. The Balaban J connectivity index is 1.81. The van der Waals surface area contributed by atoms with Gasteiger partial charge >= 0.3 is 0 Å². The van der Waals surface area contributed by atoms with Crippen LogP contribution in [0.1, 0.15) is 22.3 Å².